The zero-order valence-corrected chi connectivity index (χ0v) is 16.9. The fourth-order valence-corrected chi connectivity index (χ4v) is 3.72. The van der Waals surface area contributed by atoms with Gasteiger partial charge in [-0.05, 0) is 31.2 Å². The summed E-state index contributed by atoms with van der Waals surface area (Å²) in [6.45, 7) is 2.19. The Balaban J connectivity index is 1.37. The monoisotopic (exact) mass is 423 g/mol. The van der Waals surface area contributed by atoms with Gasteiger partial charge in [-0.2, -0.15) is 4.98 Å². The molecule has 9 heteroatoms. The molecular formula is C21H18FN5O2S. The van der Waals surface area contributed by atoms with E-state index in [1.807, 2.05) is 24.4 Å². The minimum absolute atomic E-state index is 0.251. The van der Waals surface area contributed by atoms with Crippen molar-refractivity contribution in [1.29, 1.82) is 0 Å². The van der Waals surface area contributed by atoms with Gasteiger partial charge in [0.2, 0.25) is 4.96 Å². The van der Waals surface area contributed by atoms with Gasteiger partial charge in [-0.25, -0.2) is 8.91 Å². The summed E-state index contributed by atoms with van der Waals surface area (Å²) in [4.78, 5) is 29.0. The first kappa shape index (κ1) is 19.7. The van der Waals surface area contributed by atoms with Crippen molar-refractivity contribution in [2.45, 2.75) is 13.3 Å². The van der Waals surface area contributed by atoms with Crippen LogP contribution in [0.2, 0.25) is 0 Å². The highest BCUT2D eigenvalue weighted by Gasteiger charge is 2.16. The maximum atomic E-state index is 14.0. The van der Waals surface area contributed by atoms with Crippen molar-refractivity contribution in [2.75, 3.05) is 11.9 Å². The number of rotatable bonds is 5. The number of hydrogen-bond acceptors (Lipinski definition) is 5. The number of aryl methyl sites for hydroxylation is 1. The first-order valence-corrected chi connectivity index (χ1v) is 10.1. The molecule has 0 bridgehead atoms. The molecule has 30 heavy (non-hydrogen) atoms. The number of thiazole rings is 1. The van der Waals surface area contributed by atoms with E-state index < -0.39 is 11.8 Å². The van der Waals surface area contributed by atoms with Crippen LogP contribution in [0.15, 0.2) is 53.9 Å². The van der Waals surface area contributed by atoms with Gasteiger partial charge in [0.05, 0.1) is 11.3 Å². The van der Waals surface area contributed by atoms with Crippen molar-refractivity contribution in [2.24, 2.45) is 0 Å². The van der Waals surface area contributed by atoms with Crippen LogP contribution >= 0.6 is 11.3 Å². The SMILES string of the molecule is Cc1ccc(NC(=O)C(=O)NCCc2csc3nc(-c4ccccc4F)nn23)cc1. The van der Waals surface area contributed by atoms with Crippen LogP contribution in [0.1, 0.15) is 11.3 Å². The number of nitrogens with zero attached hydrogens (tertiary/aromatic N) is 3. The lowest BCUT2D eigenvalue weighted by Gasteiger charge is -2.06. The Kier molecular flexibility index (Phi) is 5.53. The second-order valence-electron chi connectivity index (χ2n) is 6.66. The van der Waals surface area contributed by atoms with Gasteiger partial charge in [-0.1, -0.05) is 29.8 Å². The molecule has 2 aromatic heterocycles. The van der Waals surface area contributed by atoms with Gasteiger partial charge in [0, 0.05) is 24.0 Å². The molecule has 0 aliphatic rings. The van der Waals surface area contributed by atoms with E-state index in [4.69, 9.17) is 0 Å². The van der Waals surface area contributed by atoms with Crippen LogP contribution in [-0.4, -0.2) is 33.0 Å². The Bertz CT molecular complexity index is 1220. The smallest absolute Gasteiger partial charge is 0.313 e. The number of carbonyl (C=O) groups is 2. The van der Waals surface area contributed by atoms with Gasteiger partial charge in [-0.15, -0.1) is 16.4 Å². The lowest BCUT2D eigenvalue weighted by molar-refractivity contribution is -0.136. The molecule has 0 atom stereocenters. The summed E-state index contributed by atoms with van der Waals surface area (Å²) in [5.74, 6) is -1.52. The lowest BCUT2D eigenvalue weighted by Crippen LogP contribution is -2.36. The zero-order valence-electron chi connectivity index (χ0n) is 16.1. The standard InChI is InChI=1S/C21H18FN5O2S/c1-13-6-8-14(9-7-13)24-20(29)19(28)23-11-10-15-12-30-21-25-18(26-27(15)21)16-4-2-3-5-17(16)22/h2-9,12H,10-11H2,1H3,(H,23,28)(H,24,29). The average Bonchev–Trinajstić information content (AvgIpc) is 3.31. The predicted octanol–water partition coefficient (Wildman–Crippen LogP) is 3.20. The molecule has 0 spiro atoms. The summed E-state index contributed by atoms with van der Waals surface area (Å²) >= 11 is 1.38. The molecule has 4 rings (SSSR count). The summed E-state index contributed by atoms with van der Waals surface area (Å²) in [7, 11) is 0. The maximum absolute atomic E-state index is 14.0. The Hall–Kier alpha value is -3.59. The van der Waals surface area contributed by atoms with Crippen LogP contribution in [0, 0.1) is 12.7 Å². The Morgan fingerprint density at radius 3 is 2.63 bits per heavy atom. The number of anilines is 1. The molecular weight excluding hydrogens is 405 g/mol. The largest absolute Gasteiger partial charge is 0.347 e. The number of hydrogen-bond donors (Lipinski definition) is 2. The summed E-state index contributed by atoms with van der Waals surface area (Å²) in [5.41, 5.74) is 2.76. The minimum Gasteiger partial charge on any atom is -0.347 e. The third-order valence-electron chi connectivity index (χ3n) is 4.45. The second kappa shape index (κ2) is 8.42. The van der Waals surface area contributed by atoms with E-state index in [1.165, 1.54) is 17.4 Å². The van der Waals surface area contributed by atoms with E-state index in [9.17, 15) is 14.0 Å². The molecule has 4 aromatic rings. The number of nitrogens with one attached hydrogen (secondary N) is 2. The Labute approximate surface area is 175 Å². The fraction of sp³-hybridized carbons (Fsp3) is 0.143. The van der Waals surface area contributed by atoms with Crippen LogP contribution in [0.3, 0.4) is 0 Å². The van der Waals surface area contributed by atoms with Gasteiger partial charge < -0.3 is 10.6 Å². The summed E-state index contributed by atoms with van der Waals surface area (Å²) in [5, 5.41) is 11.4. The molecule has 152 valence electrons. The number of amides is 2. The van der Waals surface area contributed by atoms with Crippen LogP contribution < -0.4 is 10.6 Å². The summed E-state index contributed by atoms with van der Waals surface area (Å²) in [6.07, 6.45) is 0.448. The van der Waals surface area contributed by atoms with Crippen molar-refractivity contribution in [1.82, 2.24) is 19.9 Å². The molecule has 0 fully saturated rings. The number of aromatic nitrogens is 3. The highest BCUT2D eigenvalue weighted by molar-refractivity contribution is 7.15. The predicted molar refractivity (Wildman–Crippen MR) is 113 cm³/mol. The van der Waals surface area contributed by atoms with Crippen molar-refractivity contribution in [3.05, 3.63) is 71.0 Å². The van der Waals surface area contributed by atoms with Crippen LogP contribution in [0.5, 0.6) is 0 Å². The lowest BCUT2D eigenvalue weighted by atomic mass is 10.2. The van der Waals surface area contributed by atoms with E-state index in [0.29, 0.717) is 28.5 Å². The van der Waals surface area contributed by atoms with Crippen molar-refractivity contribution in [3.8, 4) is 11.4 Å². The molecule has 2 amide bonds. The normalized spacial score (nSPS) is 10.9. The topological polar surface area (TPSA) is 88.4 Å². The highest BCUT2D eigenvalue weighted by atomic mass is 32.1. The minimum atomic E-state index is -0.725. The van der Waals surface area contributed by atoms with Gasteiger partial charge >= 0.3 is 11.8 Å². The molecule has 0 saturated carbocycles. The fourth-order valence-electron chi connectivity index (χ4n) is 2.86. The first-order valence-electron chi connectivity index (χ1n) is 9.25. The molecule has 0 aliphatic carbocycles. The van der Waals surface area contributed by atoms with E-state index >= 15 is 0 Å². The Morgan fingerprint density at radius 1 is 1.10 bits per heavy atom. The van der Waals surface area contributed by atoms with Crippen molar-refractivity contribution >= 4 is 33.8 Å². The van der Waals surface area contributed by atoms with E-state index in [0.717, 1.165) is 11.3 Å². The number of fused-ring (bicyclic) bond motifs is 1. The van der Waals surface area contributed by atoms with E-state index in [1.54, 1.807) is 34.8 Å². The highest BCUT2D eigenvalue weighted by Crippen LogP contribution is 2.23. The second-order valence-corrected chi connectivity index (χ2v) is 7.50. The van der Waals surface area contributed by atoms with Crippen molar-refractivity contribution < 1.29 is 14.0 Å². The van der Waals surface area contributed by atoms with Crippen LogP contribution in [0.4, 0.5) is 10.1 Å². The molecule has 0 unspecified atom stereocenters. The van der Waals surface area contributed by atoms with E-state index in [2.05, 4.69) is 20.7 Å². The molecule has 2 N–H and O–H groups in total. The van der Waals surface area contributed by atoms with Gasteiger partial charge in [0.25, 0.3) is 0 Å². The maximum Gasteiger partial charge on any atom is 0.313 e. The van der Waals surface area contributed by atoms with Gasteiger partial charge in [0.1, 0.15) is 5.82 Å². The molecule has 2 aromatic carbocycles. The molecule has 0 saturated heterocycles. The molecule has 7 nitrogen and oxygen atoms in total. The summed E-state index contributed by atoms with van der Waals surface area (Å²) < 4.78 is 15.6. The van der Waals surface area contributed by atoms with Crippen molar-refractivity contribution in [3.63, 3.8) is 0 Å². The van der Waals surface area contributed by atoms with Crippen LogP contribution in [-0.2, 0) is 16.0 Å². The third-order valence-corrected chi connectivity index (χ3v) is 5.31. The van der Waals surface area contributed by atoms with E-state index in [-0.39, 0.29) is 12.4 Å². The molecule has 0 radical (unpaired) electrons. The average molecular weight is 423 g/mol. The number of benzene rings is 2. The first-order chi connectivity index (χ1) is 14.5. The zero-order chi connectivity index (χ0) is 21.1. The molecule has 0 aliphatic heterocycles. The Morgan fingerprint density at radius 2 is 1.87 bits per heavy atom. The number of carbonyl (C=O) groups excluding carboxylic acids is 2. The van der Waals surface area contributed by atoms with Crippen LogP contribution in [0.25, 0.3) is 16.3 Å². The third kappa shape index (κ3) is 4.20. The summed E-state index contributed by atoms with van der Waals surface area (Å²) in [6, 6.07) is 13.5. The van der Waals surface area contributed by atoms with Gasteiger partial charge in [-0.3, -0.25) is 9.59 Å². The van der Waals surface area contributed by atoms with Gasteiger partial charge in [0.15, 0.2) is 5.82 Å². The number of halogens is 1. The molecule has 2 heterocycles. The quantitative estimate of drug-likeness (QED) is 0.483.